The summed E-state index contributed by atoms with van der Waals surface area (Å²) < 4.78 is 7.59. The van der Waals surface area contributed by atoms with Crippen LogP contribution in [0.2, 0.25) is 0 Å². The molecule has 0 unspecified atom stereocenters. The average molecular weight is 655 g/mol. The first-order valence-corrected chi connectivity index (χ1v) is 16.3. The van der Waals surface area contributed by atoms with Crippen molar-refractivity contribution in [3.63, 3.8) is 0 Å². The number of nitrogens with zero attached hydrogens (tertiary/aromatic N) is 1. The van der Waals surface area contributed by atoms with Crippen molar-refractivity contribution in [3.05, 3.63) is 197 Å². The van der Waals surface area contributed by atoms with Gasteiger partial charge in [-0.15, -0.1) is 0 Å². The van der Waals surface area contributed by atoms with Crippen LogP contribution < -0.4 is 9.64 Å². The van der Waals surface area contributed by atoms with Crippen molar-refractivity contribution in [2.24, 2.45) is 0 Å². The van der Waals surface area contributed by atoms with Gasteiger partial charge in [0, 0.05) is 32.7 Å². The molecule has 0 radical (unpaired) electrons. The van der Waals surface area contributed by atoms with E-state index in [0.717, 1.165) is 33.0 Å². The number of halogens is 1. The Bertz CT molecular complexity index is 2190. The molecule has 0 fully saturated rings. The van der Waals surface area contributed by atoms with Crippen LogP contribution in [0.1, 0.15) is 22.3 Å². The molecule has 0 aromatic heterocycles. The zero-order chi connectivity index (χ0) is 30.7. The number of fused-ring (bicyclic) bond motifs is 9. The Morgan fingerprint density at radius 2 is 0.913 bits per heavy atom. The van der Waals surface area contributed by atoms with Gasteiger partial charge in [0.05, 0.1) is 5.41 Å². The molecule has 1 heterocycles. The second-order valence-electron chi connectivity index (χ2n) is 11.8. The molecule has 7 aromatic carbocycles. The number of hydrogen-bond donors (Lipinski definition) is 0. The Kier molecular flexibility index (Phi) is 6.22. The van der Waals surface area contributed by atoms with E-state index in [1.165, 1.54) is 44.5 Å². The highest BCUT2D eigenvalue weighted by atomic mass is 79.9. The van der Waals surface area contributed by atoms with Crippen LogP contribution in [0, 0.1) is 0 Å². The molecule has 7 aromatic rings. The van der Waals surface area contributed by atoms with Gasteiger partial charge in [0.25, 0.3) is 0 Å². The highest BCUT2D eigenvalue weighted by molar-refractivity contribution is 9.10. The van der Waals surface area contributed by atoms with E-state index in [1.807, 2.05) is 0 Å². The molecular formula is C43H28BrNO. The van der Waals surface area contributed by atoms with Crippen LogP contribution in [-0.4, -0.2) is 0 Å². The topological polar surface area (TPSA) is 12.5 Å². The van der Waals surface area contributed by atoms with Crippen molar-refractivity contribution < 1.29 is 4.74 Å². The minimum absolute atomic E-state index is 0.472. The van der Waals surface area contributed by atoms with E-state index < -0.39 is 5.41 Å². The van der Waals surface area contributed by atoms with Gasteiger partial charge in [-0.3, -0.25) is 0 Å². The molecule has 1 aliphatic heterocycles. The van der Waals surface area contributed by atoms with Crippen LogP contribution in [0.5, 0.6) is 11.5 Å². The van der Waals surface area contributed by atoms with Gasteiger partial charge in [0.15, 0.2) is 0 Å². The van der Waals surface area contributed by atoms with E-state index in [9.17, 15) is 0 Å². The lowest BCUT2D eigenvalue weighted by Crippen LogP contribution is -2.32. The Morgan fingerprint density at radius 3 is 1.59 bits per heavy atom. The smallest absolute Gasteiger partial charge is 0.132 e. The van der Waals surface area contributed by atoms with E-state index >= 15 is 0 Å². The Morgan fingerprint density at radius 1 is 0.413 bits per heavy atom. The number of rotatable bonds is 4. The summed E-state index contributed by atoms with van der Waals surface area (Å²) in [4.78, 5) is 2.35. The molecule has 0 N–H and O–H groups in total. The third-order valence-corrected chi connectivity index (χ3v) is 9.93. The summed E-state index contributed by atoms with van der Waals surface area (Å²) in [6.07, 6.45) is 0. The van der Waals surface area contributed by atoms with Crippen LogP contribution in [0.3, 0.4) is 0 Å². The van der Waals surface area contributed by atoms with Crippen molar-refractivity contribution in [1.82, 2.24) is 0 Å². The van der Waals surface area contributed by atoms with E-state index in [0.29, 0.717) is 0 Å². The summed E-state index contributed by atoms with van der Waals surface area (Å²) >= 11 is 3.56. The van der Waals surface area contributed by atoms with E-state index in [-0.39, 0.29) is 0 Å². The van der Waals surface area contributed by atoms with Gasteiger partial charge < -0.3 is 9.64 Å². The van der Waals surface area contributed by atoms with Gasteiger partial charge in [-0.05, 0) is 94.0 Å². The Labute approximate surface area is 277 Å². The van der Waals surface area contributed by atoms with Gasteiger partial charge in [0.2, 0.25) is 0 Å². The molecule has 2 nitrogen and oxygen atoms in total. The number of ether oxygens (including phenoxy) is 1. The quantitative estimate of drug-likeness (QED) is 0.187. The first kappa shape index (κ1) is 27.0. The van der Waals surface area contributed by atoms with Gasteiger partial charge >= 0.3 is 0 Å². The maximum atomic E-state index is 6.51. The average Bonchev–Trinajstić information content (AvgIpc) is 3.40. The molecule has 218 valence electrons. The minimum atomic E-state index is -0.472. The van der Waals surface area contributed by atoms with Gasteiger partial charge in [-0.1, -0.05) is 125 Å². The first-order chi connectivity index (χ1) is 22.7. The predicted octanol–water partition coefficient (Wildman–Crippen LogP) is 12.1. The number of para-hydroxylation sites is 3. The van der Waals surface area contributed by atoms with Crippen molar-refractivity contribution in [2.75, 3.05) is 4.90 Å². The van der Waals surface area contributed by atoms with Crippen molar-refractivity contribution in [2.45, 2.75) is 5.41 Å². The van der Waals surface area contributed by atoms with Crippen LogP contribution in [-0.2, 0) is 5.41 Å². The second kappa shape index (κ2) is 10.6. The fourth-order valence-electron chi connectivity index (χ4n) is 7.46. The summed E-state index contributed by atoms with van der Waals surface area (Å²) in [6.45, 7) is 0. The summed E-state index contributed by atoms with van der Waals surface area (Å²) in [5.74, 6) is 1.81. The maximum Gasteiger partial charge on any atom is 0.132 e. The molecule has 0 saturated heterocycles. The molecule has 2 aliphatic rings. The molecule has 9 rings (SSSR count). The third kappa shape index (κ3) is 4.02. The minimum Gasteiger partial charge on any atom is -0.457 e. The van der Waals surface area contributed by atoms with E-state index in [1.54, 1.807) is 0 Å². The lowest BCUT2D eigenvalue weighted by molar-refractivity contribution is 0.436. The van der Waals surface area contributed by atoms with Crippen LogP contribution in [0.25, 0.3) is 22.3 Å². The number of benzene rings is 7. The van der Waals surface area contributed by atoms with Crippen molar-refractivity contribution >= 4 is 33.0 Å². The lowest BCUT2D eigenvalue weighted by atomic mass is 9.66. The standard InChI is InChI=1S/C43H28BrNO/c44-31-22-18-29(19-23-31)30-20-24-33(25-21-30)45(32-10-2-1-3-11-32)34-26-27-38-36(28-34)35-12-4-5-13-37(35)43(38)39-14-6-8-16-41(39)46-42-17-9-7-15-40(42)43/h1-28H. The molecule has 3 heteroatoms. The summed E-state index contributed by atoms with van der Waals surface area (Å²) in [6, 6.07) is 60.9. The molecule has 1 aliphatic carbocycles. The third-order valence-electron chi connectivity index (χ3n) is 9.41. The SMILES string of the molecule is Brc1ccc(-c2ccc(N(c3ccccc3)c3ccc4c(c3)-c3ccccc3C43c4ccccc4Oc4ccccc43)cc2)cc1. The molecule has 0 saturated carbocycles. The zero-order valence-electron chi connectivity index (χ0n) is 24.9. The Hall–Kier alpha value is -5.38. The number of anilines is 3. The fraction of sp³-hybridized carbons (Fsp3) is 0.0233. The number of hydrogen-bond acceptors (Lipinski definition) is 2. The summed E-state index contributed by atoms with van der Waals surface area (Å²) in [7, 11) is 0. The van der Waals surface area contributed by atoms with E-state index in [4.69, 9.17) is 4.74 Å². The fourth-order valence-corrected chi connectivity index (χ4v) is 7.72. The van der Waals surface area contributed by atoms with Crippen molar-refractivity contribution in [1.29, 1.82) is 0 Å². The maximum absolute atomic E-state index is 6.51. The molecule has 1 spiro atoms. The largest absolute Gasteiger partial charge is 0.457 e. The molecule has 0 amide bonds. The van der Waals surface area contributed by atoms with Crippen LogP contribution >= 0.6 is 15.9 Å². The predicted molar refractivity (Wildman–Crippen MR) is 192 cm³/mol. The van der Waals surface area contributed by atoms with Crippen LogP contribution in [0.15, 0.2) is 174 Å². The van der Waals surface area contributed by atoms with Gasteiger partial charge in [-0.25, -0.2) is 0 Å². The lowest BCUT2D eigenvalue weighted by Gasteiger charge is -2.39. The van der Waals surface area contributed by atoms with Crippen molar-refractivity contribution in [3.8, 4) is 33.8 Å². The monoisotopic (exact) mass is 653 g/mol. The van der Waals surface area contributed by atoms with Gasteiger partial charge in [0.1, 0.15) is 11.5 Å². The highest BCUT2D eigenvalue weighted by Gasteiger charge is 2.51. The summed E-state index contributed by atoms with van der Waals surface area (Å²) in [5, 5.41) is 0. The molecule has 0 bridgehead atoms. The van der Waals surface area contributed by atoms with Crippen LogP contribution in [0.4, 0.5) is 17.1 Å². The normalized spacial score (nSPS) is 13.2. The second-order valence-corrected chi connectivity index (χ2v) is 12.8. The summed E-state index contributed by atoms with van der Waals surface area (Å²) in [5.41, 5.74) is 12.7. The van der Waals surface area contributed by atoms with Gasteiger partial charge in [-0.2, -0.15) is 0 Å². The first-order valence-electron chi connectivity index (χ1n) is 15.5. The Balaban J connectivity index is 1.25. The van der Waals surface area contributed by atoms with E-state index in [2.05, 4.69) is 191 Å². The zero-order valence-corrected chi connectivity index (χ0v) is 26.5. The molecule has 46 heavy (non-hydrogen) atoms. The molecular weight excluding hydrogens is 626 g/mol. The molecule has 0 atom stereocenters. The highest BCUT2D eigenvalue weighted by Crippen LogP contribution is 2.62.